The zero-order chi connectivity index (χ0) is 21.4. The second-order valence-corrected chi connectivity index (χ2v) is 11.3. The first-order chi connectivity index (χ1) is 13.5. The molecule has 0 amide bonds. The molecule has 29 heavy (non-hydrogen) atoms. The summed E-state index contributed by atoms with van der Waals surface area (Å²) < 4.78 is 57.3. The third-order valence-electron chi connectivity index (χ3n) is 4.65. The lowest BCUT2D eigenvalue weighted by atomic mass is 10.1. The van der Waals surface area contributed by atoms with Crippen LogP contribution in [0.25, 0.3) is 11.1 Å². The van der Waals surface area contributed by atoms with Gasteiger partial charge in [-0.3, -0.25) is 9.52 Å². The summed E-state index contributed by atoms with van der Waals surface area (Å²) in [7, 11) is -5.63. The maximum Gasteiger partial charge on any atom is 0.274 e. The number of pyridine rings is 1. The van der Waals surface area contributed by atoms with Gasteiger partial charge >= 0.3 is 0 Å². The Morgan fingerprint density at radius 3 is 2.45 bits per heavy atom. The van der Waals surface area contributed by atoms with Crippen LogP contribution in [0.5, 0.6) is 5.75 Å². The van der Waals surface area contributed by atoms with Crippen molar-refractivity contribution in [3.8, 4) is 16.9 Å². The highest BCUT2D eigenvalue weighted by atomic mass is 32.2. The number of rotatable bonds is 8. The van der Waals surface area contributed by atoms with Crippen LogP contribution in [0.15, 0.2) is 40.2 Å². The average Bonchev–Trinajstić information content (AvgIpc) is 3.46. The van der Waals surface area contributed by atoms with Gasteiger partial charge in [0.25, 0.3) is 5.56 Å². The van der Waals surface area contributed by atoms with Crippen LogP contribution in [-0.2, 0) is 26.9 Å². The molecule has 8 nitrogen and oxygen atoms in total. The number of anilines is 1. The third kappa shape index (κ3) is 5.18. The smallest absolute Gasteiger partial charge is 0.274 e. The highest BCUT2D eigenvalue weighted by Crippen LogP contribution is 2.36. The third-order valence-corrected chi connectivity index (χ3v) is 6.97. The Morgan fingerprint density at radius 1 is 1.17 bits per heavy atom. The maximum absolute atomic E-state index is 12.4. The van der Waals surface area contributed by atoms with E-state index >= 15 is 0 Å². The van der Waals surface area contributed by atoms with Crippen LogP contribution in [0.1, 0.15) is 19.8 Å². The summed E-state index contributed by atoms with van der Waals surface area (Å²) in [5.74, 6) is 0.920. The molecule has 1 saturated carbocycles. The molecule has 1 heterocycles. The topological polar surface area (TPSA) is 112 Å². The number of benzene rings is 1. The molecule has 0 radical (unpaired) electrons. The van der Waals surface area contributed by atoms with Gasteiger partial charge < -0.3 is 9.30 Å². The van der Waals surface area contributed by atoms with Crippen molar-refractivity contribution in [1.29, 1.82) is 0 Å². The van der Waals surface area contributed by atoms with Gasteiger partial charge in [-0.25, -0.2) is 16.8 Å². The molecule has 1 aromatic carbocycles. The Morgan fingerprint density at radius 2 is 1.86 bits per heavy atom. The number of sulfone groups is 1. The van der Waals surface area contributed by atoms with E-state index in [1.165, 1.54) is 36.0 Å². The highest BCUT2D eigenvalue weighted by molar-refractivity contribution is 7.92. The van der Waals surface area contributed by atoms with Gasteiger partial charge in [-0.1, -0.05) is 6.92 Å². The largest absolute Gasteiger partial charge is 0.493 e. The molecule has 0 atom stereocenters. The lowest BCUT2D eigenvalue weighted by molar-refractivity contribution is 0.301. The van der Waals surface area contributed by atoms with Gasteiger partial charge in [-0.15, -0.1) is 0 Å². The fraction of sp³-hybridized carbons (Fsp3) is 0.421. The highest BCUT2D eigenvalue weighted by Gasteiger charge is 2.23. The molecule has 1 N–H and O–H groups in total. The number of nitrogens with zero attached hydrogens (tertiary/aromatic N) is 1. The van der Waals surface area contributed by atoms with Crippen molar-refractivity contribution in [2.75, 3.05) is 23.3 Å². The monoisotopic (exact) mass is 440 g/mol. The fourth-order valence-electron chi connectivity index (χ4n) is 2.84. The molecule has 10 heteroatoms. The molecular formula is C19H24N2O6S2. The van der Waals surface area contributed by atoms with Crippen LogP contribution in [0.3, 0.4) is 0 Å². The first kappa shape index (κ1) is 21.4. The molecule has 0 unspecified atom stereocenters. The van der Waals surface area contributed by atoms with Crippen molar-refractivity contribution in [2.24, 2.45) is 13.0 Å². The summed E-state index contributed by atoms with van der Waals surface area (Å²) >= 11 is 0. The quantitative estimate of drug-likeness (QED) is 0.672. The zero-order valence-electron chi connectivity index (χ0n) is 16.5. The standard InChI is InChI=1S/C19H24N2O6S2/c1-4-29(25,26)15-7-8-18(27-12-13-5-6-13)16(10-15)14-9-17(20-28(3,23)24)19(22)21(2)11-14/h7-11,13,20H,4-6,12H2,1-3H3. The minimum atomic E-state index is -3.66. The van der Waals surface area contributed by atoms with Crippen LogP contribution in [-0.4, -0.2) is 40.0 Å². The maximum atomic E-state index is 12.4. The Hall–Kier alpha value is -2.33. The van der Waals surface area contributed by atoms with Crippen LogP contribution < -0.4 is 15.0 Å². The van der Waals surface area contributed by atoms with E-state index < -0.39 is 25.4 Å². The molecule has 3 rings (SSSR count). The fourth-order valence-corrected chi connectivity index (χ4v) is 4.30. The minimum absolute atomic E-state index is 0.0527. The van der Waals surface area contributed by atoms with Gasteiger partial charge in [0.1, 0.15) is 11.4 Å². The minimum Gasteiger partial charge on any atom is -0.493 e. The van der Waals surface area contributed by atoms with Crippen molar-refractivity contribution < 1.29 is 21.6 Å². The van der Waals surface area contributed by atoms with E-state index in [0.29, 0.717) is 29.4 Å². The Balaban J connectivity index is 2.15. The van der Waals surface area contributed by atoms with Crippen molar-refractivity contribution in [3.63, 3.8) is 0 Å². The molecule has 2 aromatic rings. The van der Waals surface area contributed by atoms with E-state index in [1.54, 1.807) is 13.0 Å². The lowest BCUT2D eigenvalue weighted by Crippen LogP contribution is -2.23. The number of aryl methyl sites for hydroxylation is 1. The molecule has 1 fully saturated rings. The van der Waals surface area contributed by atoms with Gasteiger partial charge in [-0.05, 0) is 43.0 Å². The average molecular weight is 441 g/mol. The first-order valence-corrected chi connectivity index (χ1v) is 12.7. The summed E-state index contributed by atoms with van der Waals surface area (Å²) in [5, 5.41) is 0. The summed E-state index contributed by atoms with van der Waals surface area (Å²) in [5.41, 5.74) is 0.311. The summed E-state index contributed by atoms with van der Waals surface area (Å²) in [6, 6.07) is 6.01. The molecule has 0 saturated heterocycles. The first-order valence-electron chi connectivity index (χ1n) is 9.18. The van der Waals surface area contributed by atoms with E-state index in [9.17, 15) is 21.6 Å². The molecule has 158 valence electrons. The van der Waals surface area contributed by atoms with Crippen LogP contribution in [0.2, 0.25) is 0 Å². The Kier molecular flexibility index (Phi) is 5.77. The van der Waals surface area contributed by atoms with Crippen LogP contribution in [0, 0.1) is 5.92 Å². The molecule has 1 aliphatic carbocycles. The van der Waals surface area contributed by atoms with E-state index in [4.69, 9.17) is 4.74 Å². The van der Waals surface area contributed by atoms with Crippen LogP contribution >= 0.6 is 0 Å². The van der Waals surface area contributed by atoms with E-state index in [-0.39, 0.29) is 16.3 Å². The predicted octanol–water partition coefficient (Wildman–Crippen LogP) is 2.01. The van der Waals surface area contributed by atoms with Gasteiger partial charge in [0, 0.05) is 24.4 Å². The van der Waals surface area contributed by atoms with Gasteiger partial charge in [-0.2, -0.15) is 0 Å². The normalized spacial score (nSPS) is 14.6. The van der Waals surface area contributed by atoms with Gasteiger partial charge in [0.15, 0.2) is 9.84 Å². The second kappa shape index (κ2) is 7.83. The Bertz CT molecular complexity index is 1200. The van der Waals surface area contributed by atoms with Crippen molar-refractivity contribution in [1.82, 2.24) is 4.57 Å². The number of hydrogen-bond donors (Lipinski definition) is 1. The van der Waals surface area contributed by atoms with Gasteiger partial charge in [0.05, 0.1) is 23.5 Å². The second-order valence-electron chi connectivity index (χ2n) is 7.25. The molecule has 1 aliphatic rings. The molecule has 0 aliphatic heterocycles. The van der Waals surface area contributed by atoms with E-state index in [1.807, 2.05) is 0 Å². The lowest BCUT2D eigenvalue weighted by Gasteiger charge is -2.15. The van der Waals surface area contributed by atoms with E-state index in [2.05, 4.69) is 4.72 Å². The van der Waals surface area contributed by atoms with Gasteiger partial charge in [0.2, 0.25) is 10.0 Å². The number of ether oxygens (including phenoxy) is 1. The number of aromatic nitrogens is 1. The number of hydrogen-bond acceptors (Lipinski definition) is 6. The Labute approximate surface area is 170 Å². The summed E-state index contributed by atoms with van der Waals surface area (Å²) in [6.07, 6.45) is 4.68. The SMILES string of the molecule is CCS(=O)(=O)c1ccc(OCC2CC2)c(-c2cc(NS(C)(=O)=O)c(=O)n(C)c2)c1. The predicted molar refractivity (Wildman–Crippen MR) is 112 cm³/mol. The van der Waals surface area contributed by atoms with Crippen LogP contribution in [0.4, 0.5) is 5.69 Å². The van der Waals surface area contributed by atoms with Crippen molar-refractivity contribution >= 4 is 25.5 Å². The van der Waals surface area contributed by atoms with Crippen molar-refractivity contribution in [2.45, 2.75) is 24.7 Å². The molecular weight excluding hydrogens is 416 g/mol. The molecule has 0 spiro atoms. The summed E-state index contributed by atoms with van der Waals surface area (Å²) in [4.78, 5) is 12.5. The zero-order valence-corrected chi connectivity index (χ0v) is 18.1. The summed E-state index contributed by atoms with van der Waals surface area (Å²) in [6.45, 7) is 2.08. The van der Waals surface area contributed by atoms with E-state index in [0.717, 1.165) is 19.1 Å². The number of sulfonamides is 1. The molecule has 0 bridgehead atoms. The molecule has 1 aromatic heterocycles. The van der Waals surface area contributed by atoms with Crippen molar-refractivity contribution in [3.05, 3.63) is 40.8 Å². The number of nitrogens with one attached hydrogen (secondary N) is 1.